The molecule has 1 heterocycles. The molecule has 0 bridgehead atoms. The molecule has 2 nitrogen and oxygen atoms in total. The van der Waals surface area contributed by atoms with Crippen molar-refractivity contribution in [2.45, 2.75) is 18.9 Å². The third kappa shape index (κ3) is 1.75. The van der Waals surface area contributed by atoms with Gasteiger partial charge in [-0.3, -0.25) is 0 Å². The van der Waals surface area contributed by atoms with Gasteiger partial charge in [-0.2, -0.15) is 0 Å². The van der Waals surface area contributed by atoms with Gasteiger partial charge in [0.25, 0.3) is 0 Å². The SMILES string of the molecule is Fc1cc(OC2CC2)cnc1Br. The Balaban J connectivity index is 2.15. The summed E-state index contributed by atoms with van der Waals surface area (Å²) in [6.45, 7) is 0. The Morgan fingerprint density at radius 3 is 2.92 bits per heavy atom. The van der Waals surface area contributed by atoms with E-state index in [4.69, 9.17) is 4.74 Å². The van der Waals surface area contributed by atoms with Gasteiger partial charge in [0.1, 0.15) is 10.4 Å². The van der Waals surface area contributed by atoms with Crippen LogP contribution >= 0.6 is 15.9 Å². The predicted molar refractivity (Wildman–Crippen MR) is 45.5 cm³/mol. The second-order valence-corrected chi connectivity index (χ2v) is 3.51. The summed E-state index contributed by atoms with van der Waals surface area (Å²) in [5.41, 5.74) is 0. The minimum Gasteiger partial charge on any atom is -0.489 e. The van der Waals surface area contributed by atoms with Crippen molar-refractivity contribution in [3.63, 3.8) is 0 Å². The predicted octanol–water partition coefficient (Wildman–Crippen LogP) is 2.52. The normalized spacial score (nSPS) is 16.2. The van der Waals surface area contributed by atoms with E-state index in [-0.39, 0.29) is 16.5 Å². The number of ether oxygens (including phenoxy) is 1. The van der Waals surface area contributed by atoms with Crippen LogP contribution in [-0.2, 0) is 0 Å². The van der Waals surface area contributed by atoms with E-state index in [1.807, 2.05) is 0 Å². The van der Waals surface area contributed by atoms with Crippen molar-refractivity contribution in [3.05, 3.63) is 22.7 Å². The molecule has 1 aromatic heterocycles. The van der Waals surface area contributed by atoms with Gasteiger partial charge in [0.05, 0.1) is 12.3 Å². The van der Waals surface area contributed by atoms with E-state index in [0.717, 1.165) is 12.8 Å². The number of pyridine rings is 1. The van der Waals surface area contributed by atoms with Gasteiger partial charge in [-0.15, -0.1) is 0 Å². The van der Waals surface area contributed by atoms with Crippen LogP contribution in [0.15, 0.2) is 16.9 Å². The standard InChI is InChI=1S/C8H7BrFNO/c9-8-7(10)3-6(4-11-8)12-5-1-2-5/h3-5H,1-2H2. The zero-order chi connectivity index (χ0) is 8.55. The molecule has 0 N–H and O–H groups in total. The van der Waals surface area contributed by atoms with Crippen molar-refractivity contribution in [2.24, 2.45) is 0 Å². The molecule has 12 heavy (non-hydrogen) atoms. The topological polar surface area (TPSA) is 22.1 Å². The van der Waals surface area contributed by atoms with Crippen molar-refractivity contribution >= 4 is 15.9 Å². The monoisotopic (exact) mass is 231 g/mol. The van der Waals surface area contributed by atoms with E-state index in [2.05, 4.69) is 20.9 Å². The molecule has 0 saturated heterocycles. The largest absolute Gasteiger partial charge is 0.489 e. The van der Waals surface area contributed by atoms with Crippen LogP contribution in [0, 0.1) is 5.82 Å². The van der Waals surface area contributed by atoms with E-state index in [0.29, 0.717) is 5.75 Å². The molecule has 0 aliphatic heterocycles. The Bertz CT molecular complexity index is 301. The van der Waals surface area contributed by atoms with Crippen LogP contribution in [0.4, 0.5) is 4.39 Å². The summed E-state index contributed by atoms with van der Waals surface area (Å²) in [4.78, 5) is 3.78. The van der Waals surface area contributed by atoms with E-state index >= 15 is 0 Å². The van der Waals surface area contributed by atoms with Crippen molar-refractivity contribution in [1.29, 1.82) is 0 Å². The molecular formula is C8H7BrFNO. The van der Waals surface area contributed by atoms with Crippen molar-refractivity contribution in [1.82, 2.24) is 4.98 Å². The van der Waals surface area contributed by atoms with Gasteiger partial charge in [-0.05, 0) is 28.8 Å². The molecule has 64 valence electrons. The number of nitrogens with zero attached hydrogens (tertiary/aromatic N) is 1. The zero-order valence-electron chi connectivity index (χ0n) is 6.26. The van der Waals surface area contributed by atoms with E-state index in [9.17, 15) is 4.39 Å². The first-order valence-corrected chi connectivity index (χ1v) is 4.53. The molecule has 0 aromatic carbocycles. The summed E-state index contributed by atoms with van der Waals surface area (Å²) in [5, 5.41) is 0. The fourth-order valence-corrected chi connectivity index (χ4v) is 1.06. The third-order valence-electron chi connectivity index (χ3n) is 1.60. The fourth-order valence-electron chi connectivity index (χ4n) is 0.846. The molecule has 0 spiro atoms. The van der Waals surface area contributed by atoms with Gasteiger partial charge in [0.15, 0.2) is 5.82 Å². The molecule has 1 aliphatic rings. The van der Waals surface area contributed by atoms with Gasteiger partial charge in [0, 0.05) is 6.07 Å². The lowest BCUT2D eigenvalue weighted by Crippen LogP contribution is -1.97. The van der Waals surface area contributed by atoms with Crippen LogP contribution < -0.4 is 4.74 Å². The quantitative estimate of drug-likeness (QED) is 0.731. The number of aromatic nitrogens is 1. The second kappa shape index (κ2) is 3.01. The maximum absolute atomic E-state index is 12.9. The Hall–Kier alpha value is -0.640. The molecule has 4 heteroatoms. The first-order valence-electron chi connectivity index (χ1n) is 3.73. The number of rotatable bonds is 2. The van der Waals surface area contributed by atoms with Crippen LogP contribution in [0.5, 0.6) is 5.75 Å². The Labute approximate surface area is 77.9 Å². The van der Waals surface area contributed by atoms with Gasteiger partial charge in [-0.25, -0.2) is 9.37 Å². The van der Waals surface area contributed by atoms with Crippen molar-refractivity contribution in [2.75, 3.05) is 0 Å². The van der Waals surface area contributed by atoms with Gasteiger partial charge in [0.2, 0.25) is 0 Å². The highest BCUT2D eigenvalue weighted by molar-refractivity contribution is 9.10. The Morgan fingerprint density at radius 2 is 2.33 bits per heavy atom. The highest BCUT2D eigenvalue weighted by Crippen LogP contribution is 2.27. The summed E-state index contributed by atoms with van der Waals surface area (Å²) < 4.78 is 18.4. The van der Waals surface area contributed by atoms with Crippen molar-refractivity contribution in [3.8, 4) is 5.75 Å². The number of hydrogen-bond donors (Lipinski definition) is 0. The molecule has 1 saturated carbocycles. The molecule has 0 amide bonds. The first kappa shape index (κ1) is 7.98. The lowest BCUT2D eigenvalue weighted by molar-refractivity contribution is 0.300. The lowest BCUT2D eigenvalue weighted by Gasteiger charge is -2.03. The lowest BCUT2D eigenvalue weighted by atomic mass is 10.4. The van der Waals surface area contributed by atoms with Gasteiger partial charge >= 0.3 is 0 Å². The highest BCUT2D eigenvalue weighted by atomic mass is 79.9. The summed E-state index contributed by atoms with van der Waals surface area (Å²) in [6, 6.07) is 1.34. The smallest absolute Gasteiger partial charge is 0.159 e. The highest BCUT2D eigenvalue weighted by Gasteiger charge is 2.23. The van der Waals surface area contributed by atoms with E-state index in [1.54, 1.807) is 0 Å². The fraction of sp³-hybridized carbons (Fsp3) is 0.375. The van der Waals surface area contributed by atoms with Gasteiger partial charge < -0.3 is 4.74 Å². The van der Waals surface area contributed by atoms with E-state index < -0.39 is 0 Å². The molecule has 0 unspecified atom stereocenters. The maximum Gasteiger partial charge on any atom is 0.159 e. The minimum absolute atomic E-state index is 0.227. The molecule has 2 rings (SSSR count). The summed E-state index contributed by atoms with van der Waals surface area (Å²) >= 11 is 2.97. The second-order valence-electron chi connectivity index (χ2n) is 2.76. The minimum atomic E-state index is -0.381. The Morgan fingerprint density at radius 1 is 1.58 bits per heavy atom. The van der Waals surface area contributed by atoms with Crippen LogP contribution in [-0.4, -0.2) is 11.1 Å². The molecule has 1 fully saturated rings. The molecule has 0 radical (unpaired) electrons. The van der Waals surface area contributed by atoms with Crippen LogP contribution in [0.1, 0.15) is 12.8 Å². The molecule has 1 aromatic rings. The van der Waals surface area contributed by atoms with Crippen molar-refractivity contribution < 1.29 is 9.13 Å². The average molecular weight is 232 g/mol. The van der Waals surface area contributed by atoms with Crippen LogP contribution in [0.3, 0.4) is 0 Å². The molecule has 1 aliphatic carbocycles. The zero-order valence-corrected chi connectivity index (χ0v) is 7.84. The summed E-state index contributed by atoms with van der Waals surface area (Å²) in [5.74, 6) is 0.131. The maximum atomic E-state index is 12.9. The molecular weight excluding hydrogens is 225 g/mol. The van der Waals surface area contributed by atoms with Gasteiger partial charge in [-0.1, -0.05) is 0 Å². The third-order valence-corrected chi connectivity index (χ3v) is 2.18. The average Bonchev–Trinajstić information content (AvgIpc) is 2.81. The number of halogens is 2. The summed E-state index contributed by atoms with van der Waals surface area (Å²) in [6.07, 6.45) is 3.94. The number of hydrogen-bond acceptors (Lipinski definition) is 2. The van der Waals surface area contributed by atoms with Crippen LogP contribution in [0.2, 0.25) is 0 Å². The summed E-state index contributed by atoms with van der Waals surface area (Å²) in [7, 11) is 0. The van der Waals surface area contributed by atoms with Crippen LogP contribution in [0.25, 0.3) is 0 Å². The first-order chi connectivity index (χ1) is 5.75. The molecule has 0 atom stereocenters. The Kier molecular flexibility index (Phi) is 2.00. The van der Waals surface area contributed by atoms with E-state index in [1.165, 1.54) is 12.3 Å².